The van der Waals surface area contributed by atoms with E-state index in [1.165, 1.54) is 5.56 Å². The third kappa shape index (κ3) is 6.71. The number of benzene rings is 1. The van der Waals surface area contributed by atoms with Crippen LogP contribution in [0.25, 0.3) is 0 Å². The molecule has 0 fully saturated rings. The minimum absolute atomic E-state index is 0.148. The largest absolute Gasteiger partial charge is 0.393 e. The van der Waals surface area contributed by atoms with Crippen LogP contribution in [0.3, 0.4) is 0 Å². The predicted molar refractivity (Wildman–Crippen MR) is 83.4 cm³/mol. The Morgan fingerprint density at radius 3 is 2.37 bits per heavy atom. The SMILES string of the molecule is C=CCC(C)C(OCc1ccccc1)O[Si](C)(C)C. The molecule has 1 aromatic rings. The van der Waals surface area contributed by atoms with Gasteiger partial charge >= 0.3 is 0 Å². The van der Waals surface area contributed by atoms with E-state index in [4.69, 9.17) is 9.16 Å². The highest BCUT2D eigenvalue weighted by molar-refractivity contribution is 6.69. The van der Waals surface area contributed by atoms with Crippen LogP contribution in [-0.2, 0) is 15.8 Å². The molecule has 1 aromatic carbocycles. The summed E-state index contributed by atoms with van der Waals surface area (Å²) in [6, 6.07) is 10.2. The normalized spacial score (nSPS) is 14.9. The monoisotopic (exact) mass is 278 g/mol. The van der Waals surface area contributed by atoms with Crippen molar-refractivity contribution in [2.24, 2.45) is 5.92 Å². The topological polar surface area (TPSA) is 18.5 Å². The Hall–Kier alpha value is -0.903. The van der Waals surface area contributed by atoms with Crippen LogP contribution >= 0.6 is 0 Å². The first kappa shape index (κ1) is 16.2. The minimum Gasteiger partial charge on any atom is -0.393 e. The minimum atomic E-state index is -1.61. The Labute approximate surface area is 118 Å². The van der Waals surface area contributed by atoms with E-state index >= 15 is 0 Å². The zero-order valence-corrected chi connectivity index (χ0v) is 13.6. The van der Waals surface area contributed by atoms with E-state index in [2.05, 4.69) is 45.3 Å². The Kier molecular flexibility index (Phi) is 6.49. The van der Waals surface area contributed by atoms with Crippen LogP contribution in [0.1, 0.15) is 18.9 Å². The van der Waals surface area contributed by atoms with Gasteiger partial charge in [0.15, 0.2) is 14.6 Å². The van der Waals surface area contributed by atoms with Gasteiger partial charge in [-0.15, -0.1) is 6.58 Å². The van der Waals surface area contributed by atoms with Gasteiger partial charge in [0.05, 0.1) is 6.61 Å². The molecular formula is C16H26O2Si. The molecule has 0 saturated heterocycles. The van der Waals surface area contributed by atoms with Gasteiger partial charge in [-0.25, -0.2) is 0 Å². The number of hydrogen-bond acceptors (Lipinski definition) is 2. The maximum atomic E-state index is 6.14. The third-order valence-electron chi connectivity index (χ3n) is 2.73. The maximum absolute atomic E-state index is 6.14. The van der Waals surface area contributed by atoms with Crippen LogP contribution in [0.2, 0.25) is 19.6 Å². The standard InChI is InChI=1S/C16H26O2Si/c1-6-10-14(2)16(18-19(3,4)5)17-13-15-11-8-7-9-12-15/h6-9,11-12,14,16H,1,10,13H2,2-5H3. The third-order valence-corrected chi connectivity index (χ3v) is 3.67. The van der Waals surface area contributed by atoms with Crippen molar-refractivity contribution in [2.75, 3.05) is 0 Å². The van der Waals surface area contributed by atoms with Gasteiger partial charge in [0.25, 0.3) is 0 Å². The molecule has 2 unspecified atom stereocenters. The fourth-order valence-electron chi connectivity index (χ4n) is 1.79. The molecule has 0 aliphatic heterocycles. The Balaban J connectivity index is 2.60. The van der Waals surface area contributed by atoms with Crippen molar-refractivity contribution in [3.8, 4) is 0 Å². The summed E-state index contributed by atoms with van der Waals surface area (Å²) in [5, 5.41) is 0. The number of rotatable bonds is 8. The Morgan fingerprint density at radius 1 is 1.21 bits per heavy atom. The molecule has 0 radical (unpaired) electrons. The lowest BCUT2D eigenvalue weighted by Crippen LogP contribution is -2.37. The molecule has 0 bridgehead atoms. The highest BCUT2D eigenvalue weighted by Gasteiger charge is 2.25. The Morgan fingerprint density at radius 2 is 1.84 bits per heavy atom. The van der Waals surface area contributed by atoms with Crippen LogP contribution in [0.5, 0.6) is 0 Å². The molecule has 0 heterocycles. The predicted octanol–water partition coefficient (Wildman–Crippen LogP) is 4.59. The van der Waals surface area contributed by atoms with E-state index in [9.17, 15) is 0 Å². The lowest BCUT2D eigenvalue weighted by atomic mass is 10.1. The number of allylic oxidation sites excluding steroid dienone is 1. The van der Waals surface area contributed by atoms with E-state index in [0.29, 0.717) is 12.5 Å². The molecule has 0 aliphatic rings. The van der Waals surface area contributed by atoms with Gasteiger partial charge in [0.1, 0.15) is 0 Å². The van der Waals surface area contributed by atoms with Crippen molar-refractivity contribution in [2.45, 2.75) is 45.9 Å². The van der Waals surface area contributed by atoms with Crippen molar-refractivity contribution < 1.29 is 9.16 Å². The molecular weight excluding hydrogens is 252 g/mol. The molecule has 19 heavy (non-hydrogen) atoms. The van der Waals surface area contributed by atoms with Crippen LogP contribution in [-0.4, -0.2) is 14.6 Å². The van der Waals surface area contributed by atoms with Crippen molar-refractivity contribution >= 4 is 8.32 Å². The second kappa shape index (κ2) is 7.63. The second-order valence-corrected chi connectivity index (χ2v) is 10.4. The fourth-order valence-corrected chi connectivity index (χ4v) is 2.79. The number of hydrogen-bond donors (Lipinski definition) is 0. The van der Waals surface area contributed by atoms with Gasteiger partial charge in [0, 0.05) is 5.92 Å². The van der Waals surface area contributed by atoms with Crippen LogP contribution < -0.4 is 0 Å². The highest BCUT2D eigenvalue weighted by Crippen LogP contribution is 2.20. The summed E-state index contributed by atoms with van der Waals surface area (Å²) in [4.78, 5) is 0. The van der Waals surface area contributed by atoms with E-state index in [0.717, 1.165) is 6.42 Å². The molecule has 0 spiro atoms. The van der Waals surface area contributed by atoms with Gasteiger partial charge in [0.2, 0.25) is 0 Å². The molecule has 1 rings (SSSR count). The van der Waals surface area contributed by atoms with Crippen molar-refractivity contribution in [3.63, 3.8) is 0 Å². The van der Waals surface area contributed by atoms with Crippen molar-refractivity contribution in [3.05, 3.63) is 48.6 Å². The summed E-state index contributed by atoms with van der Waals surface area (Å²) >= 11 is 0. The van der Waals surface area contributed by atoms with Crippen molar-refractivity contribution in [1.29, 1.82) is 0 Å². The summed E-state index contributed by atoms with van der Waals surface area (Å²) in [5.74, 6) is 0.327. The first-order chi connectivity index (χ1) is 8.92. The van der Waals surface area contributed by atoms with Crippen LogP contribution in [0.4, 0.5) is 0 Å². The molecule has 0 amide bonds. The highest BCUT2D eigenvalue weighted by atomic mass is 28.4. The fraction of sp³-hybridized carbons (Fsp3) is 0.500. The summed E-state index contributed by atoms with van der Waals surface area (Å²) in [5.41, 5.74) is 1.18. The maximum Gasteiger partial charge on any atom is 0.187 e. The van der Waals surface area contributed by atoms with Crippen LogP contribution in [0.15, 0.2) is 43.0 Å². The summed E-state index contributed by atoms with van der Waals surface area (Å²) in [6.45, 7) is 13.1. The molecule has 2 atom stereocenters. The van der Waals surface area contributed by atoms with E-state index in [1.807, 2.05) is 24.3 Å². The second-order valence-electron chi connectivity index (χ2n) is 5.90. The van der Waals surface area contributed by atoms with Gasteiger partial charge in [-0.3, -0.25) is 0 Å². The summed E-state index contributed by atoms with van der Waals surface area (Å²) < 4.78 is 12.1. The quantitative estimate of drug-likeness (QED) is 0.393. The average molecular weight is 278 g/mol. The van der Waals surface area contributed by atoms with Crippen LogP contribution in [0, 0.1) is 5.92 Å². The van der Waals surface area contributed by atoms with Crippen molar-refractivity contribution in [1.82, 2.24) is 0 Å². The van der Waals surface area contributed by atoms with Gasteiger partial charge < -0.3 is 9.16 Å². The van der Waals surface area contributed by atoms with E-state index in [1.54, 1.807) is 0 Å². The van der Waals surface area contributed by atoms with Gasteiger partial charge in [-0.1, -0.05) is 43.3 Å². The zero-order chi connectivity index (χ0) is 14.3. The molecule has 0 aliphatic carbocycles. The van der Waals surface area contributed by atoms with Gasteiger partial charge in [-0.05, 0) is 31.6 Å². The smallest absolute Gasteiger partial charge is 0.187 e. The lowest BCUT2D eigenvalue weighted by molar-refractivity contribution is -0.124. The summed E-state index contributed by atoms with van der Waals surface area (Å²) in [6.07, 6.45) is 2.69. The lowest BCUT2D eigenvalue weighted by Gasteiger charge is -2.30. The first-order valence-electron chi connectivity index (χ1n) is 6.86. The molecule has 106 valence electrons. The Bertz CT molecular complexity index is 370. The molecule has 0 saturated carbocycles. The van der Waals surface area contributed by atoms with Gasteiger partial charge in [-0.2, -0.15) is 0 Å². The molecule has 0 aromatic heterocycles. The molecule has 2 nitrogen and oxygen atoms in total. The van der Waals surface area contributed by atoms with E-state index in [-0.39, 0.29) is 6.29 Å². The summed E-state index contributed by atoms with van der Waals surface area (Å²) in [7, 11) is -1.61. The van der Waals surface area contributed by atoms with E-state index < -0.39 is 8.32 Å². The molecule has 3 heteroatoms. The number of ether oxygens (including phenoxy) is 1. The average Bonchev–Trinajstić information content (AvgIpc) is 2.34. The molecule has 0 N–H and O–H groups in total. The zero-order valence-electron chi connectivity index (χ0n) is 12.6. The first-order valence-corrected chi connectivity index (χ1v) is 10.3.